The molecule has 3 saturated carbocycles. The van der Waals surface area contributed by atoms with Gasteiger partial charge in [0.2, 0.25) is 0 Å². The number of anilines is 1. The van der Waals surface area contributed by atoms with Crippen molar-refractivity contribution in [1.29, 1.82) is 0 Å². The van der Waals surface area contributed by atoms with Crippen LogP contribution in [0.3, 0.4) is 0 Å². The van der Waals surface area contributed by atoms with Crippen LogP contribution in [0.25, 0.3) is 11.3 Å². The molecular formula is C43H58N4O2. The monoisotopic (exact) mass is 662 g/mol. The summed E-state index contributed by atoms with van der Waals surface area (Å²) in [6.07, 6.45) is 19.1. The molecule has 49 heavy (non-hydrogen) atoms. The van der Waals surface area contributed by atoms with E-state index in [1.807, 2.05) is 54.6 Å². The Hall–Kier alpha value is -3.41. The number of benzene rings is 2. The lowest BCUT2D eigenvalue weighted by Gasteiger charge is -2.58. The first kappa shape index (κ1) is 34.1. The topological polar surface area (TPSA) is 69.0 Å². The Kier molecular flexibility index (Phi) is 9.78. The van der Waals surface area contributed by atoms with Crippen molar-refractivity contribution in [3.8, 4) is 11.3 Å². The van der Waals surface area contributed by atoms with Crippen molar-refractivity contribution in [3.05, 3.63) is 78.0 Å². The molecule has 3 fully saturated rings. The molecule has 4 aliphatic rings. The lowest BCUT2D eigenvalue weighted by atomic mass is 9.47. The molecular weight excluding hydrogens is 604 g/mol. The number of hydrogen-bond donors (Lipinski definition) is 1. The first-order chi connectivity index (χ1) is 23.6. The van der Waals surface area contributed by atoms with Crippen LogP contribution in [0.15, 0.2) is 72.4 Å². The summed E-state index contributed by atoms with van der Waals surface area (Å²) in [5.74, 6) is 5.19. The third kappa shape index (κ3) is 6.86. The molecule has 262 valence electrons. The minimum absolute atomic E-state index is 0.241. The van der Waals surface area contributed by atoms with E-state index < -0.39 is 6.09 Å². The molecule has 1 amide bonds. The molecule has 0 bridgehead atoms. The van der Waals surface area contributed by atoms with Crippen LogP contribution < -0.4 is 5.32 Å². The third-order valence-electron chi connectivity index (χ3n) is 13.8. The highest BCUT2D eigenvalue weighted by molar-refractivity contribution is 5.85. The van der Waals surface area contributed by atoms with Crippen LogP contribution in [0.1, 0.15) is 117 Å². The largest absolute Gasteiger partial charge is 0.444 e. The summed E-state index contributed by atoms with van der Waals surface area (Å²) in [4.78, 5) is 12.3. The molecule has 3 aromatic rings. The highest BCUT2D eigenvalue weighted by atomic mass is 16.5. The lowest BCUT2D eigenvalue weighted by Crippen LogP contribution is -2.50. The van der Waals surface area contributed by atoms with E-state index in [0.717, 1.165) is 65.2 Å². The summed E-state index contributed by atoms with van der Waals surface area (Å²) in [5.41, 5.74) is 6.06. The second-order valence-electron chi connectivity index (χ2n) is 17.0. The Bertz CT molecular complexity index is 1610. The van der Waals surface area contributed by atoms with Crippen LogP contribution in [-0.2, 0) is 11.3 Å². The van der Waals surface area contributed by atoms with Gasteiger partial charge in [-0.2, -0.15) is 0 Å². The standard InChI is InChI=1S/C43H58N4O2/c1-29(2)10-9-11-30(3)37-20-21-38-36-19-16-33-26-35(22-24-42(33,4)39(36)23-25-43(37,38)5)47-27-40(45-46-47)32-14-17-34(18-15-32)44-41(48)49-28-31-12-7-6-8-13-31/h6-8,12-18,27,29-30,35-39H,9-11,19-26,28H2,1-5H3,(H,44,48). The summed E-state index contributed by atoms with van der Waals surface area (Å²) in [5, 5.41) is 12.0. The van der Waals surface area contributed by atoms with Gasteiger partial charge in [0, 0.05) is 11.3 Å². The third-order valence-corrected chi connectivity index (χ3v) is 13.8. The van der Waals surface area contributed by atoms with Crippen molar-refractivity contribution in [2.24, 2.45) is 46.3 Å². The SMILES string of the molecule is CC(C)CCCC(C)C1CCC2C3CC=C4CC(n5cc(-c6ccc(NC(=O)OCc7ccccc7)cc6)nn5)CCC4(C)C3CCC12C. The number of rotatable bonds is 10. The van der Waals surface area contributed by atoms with Gasteiger partial charge >= 0.3 is 6.09 Å². The Morgan fingerprint density at radius 1 is 0.959 bits per heavy atom. The molecule has 0 spiro atoms. The number of allylic oxidation sites excluding steroid dienone is 2. The van der Waals surface area contributed by atoms with Crippen LogP contribution in [0, 0.1) is 46.3 Å². The summed E-state index contributed by atoms with van der Waals surface area (Å²) in [6.45, 7) is 12.9. The number of aromatic nitrogens is 3. The zero-order valence-corrected chi connectivity index (χ0v) is 30.5. The van der Waals surface area contributed by atoms with E-state index >= 15 is 0 Å². The van der Waals surface area contributed by atoms with Gasteiger partial charge in [0.25, 0.3) is 0 Å². The van der Waals surface area contributed by atoms with Crippen LogP contribution in [-0.4, -0.2) is 21.1 Å². The number of nitrogens with one attached hydrogen (secondary N) is 1. The fourth-order valence-electron chi connectivity index (χ4n) is 11.1. The Morgan fingerprint density at radius 3 is 2.53 bits per heavy atom. The van der Waals surface area contributed by atoms with E-state index in [1.54, 1.807) is 5.57 Å². The molecule has 1 heterocycles. The van der Waals surface area contributed by atoms with E-state index in [0.29, 0.717) is 22.6 Å². The van der Waals surface area contributed by atoms with E-state index in [-0.39, 0.29) is 6.61 Å². The average Bonchev–Trinajstić information content (AvgIpc) is 3.73. The van der Waals surface area contributed by atoms with Crippen LogP contribution in [0.5, 0.6) is 0 Å². The molecule has 0 radical (unpaired) electrons. The number of fused-ring (bicyclic) bond motifs is 5. The summed E-state index contributed by atoms with van der Waals surface area (Å²) in [6, 6.07) is 17.8. The van der Waals surface area contributed by atoms with Gasteiger partial charge in [-0.15, -0.1) is 5.10 Å². The van der Waals surface area contributed by atoms with Crippen molar-refractivity contribution < 1.29 is 9.53 Å². The van der Waals surface area contributed by atoms with Crippen LogP contribution in [0.4, 0.5) is 10.5 Å². The Morgan fingerprint density at radius 2 is 1.76 bits per heavy atom. The lowest BCUT2D eigenvalue weighted by molar-refractivity contribution is -0.0525. The van der Waals surface area contributed by atoms with Crippen molar-refractivity contribution in [2.45, 2.75) is 118 Å². The van der Waals surface area contributed by atoms with Gasteiger partial charge < -0.3 is 4.74 Å². The molecule has 7 rings (SSSR count). The van der Waals surface area contributed by atoms with Gasteiger partial charge in [0.15, 0.2) is 0 Å². The van der Waals surface area contributed by atoms with E-state index in [9.17, 15) is 4.79 Å². The fourth-order valence-corrected chi connectivity index (χ4v) is 11.1. The number of amides is 1. The fraction of sp³-hybridized carbons (Fsp3) is 0.605. The Labute approximate surface area is 294 Å². The second kappa shape index (κ2) is 14.1. The summed E-state index contributed by atoms with van der Waals surface area (Å²) < 4.78 is 7.48. The predicted molar refractivity (Wildman–Crippen MR) is 198 cm³/mol. The van der Waals surface area contributed by atoms with E-state index in [1.165, 1.54) is 57.8 Å². The number of carbonyl (C=O) groups excluding carboxylic acids is 1. The van der Waals surface area contributed by atoms with E-state index in [2.05, 4.69) is 67.2 Å². The predicted octanol–water partition coefficient (Wildman–Crippen LogP) is 11.3. The molecule has 8 atom stereocenters. The molecule has 1 aromatic heterocycles. The van der Waals surface area contributed by atoms with Gasteiger partial charge in [-0.05, 0) is 115 Å². The van der Waals surface area contributed by atoms with Crippen molar-refractivity contribution in [3.63, 3.8) is 0 Å². The molecule has 4 aliphatic carbocycles. The maximum absolute atomic E-state index is 12.3. The first-order valence-electron chi connectivity index (χ1n) is 19.3. The van der Waals surface area contributed by atoms with Crippen molar-refractivity contribution in [2.75, 3.05) is 5.32 Å². The smallest absolute Gasteiger partial charge is 0.411 e. The highest BCUT2D eigenvalue weighted by Gasteiger charge is 2.59. The van der Waals surface area contributed by atoms with Crippen molar-refractivity contribution >= 4 is 11.8 Å². The highest BCUT2D eigenvalue weighted by Crippen LogP contribution is 2.67. The van der Waals surface area contributed by atoms with Crippen molar-refractivity contribution in [1.82, 2.24) is 15.0 Å². The number of hydrogen-bond acceptors (Lipinski definition) is 4. The van der Waals surface area contributed by atoms with Gasteiger partial charge in [0.05, 0.1) is 12.2 Å². The van der Waals surface area contributed by atoms with Gasteiger partial charge in [-0.1, -0.05) is 113 Å². The maximum atomic E-state index is 12.3. The molecule has 6 nitrogen and oxygen atoms in total. The quantitative estimate of drug-likeness (QED) is 0.219. The van der Waals surface area contributed by atoms with Gasteiger partial charge in [-0.25, -0.2) is 9.48 Å². The second-order valence-corrected chi connectivity index (χ2v) is 17.0. The summed E-state index contributed by atoms with van der Waals surface area (Å²) >= 11 is 0. The first-order valence-corrected chi connectivity index (χ1v) is 19.3. The molecule has 6 heteroatoms. The minimum atomic E-state index is -0.466. The number of carbonyl (C=O) groups is 1. The molecule has 2 aromatic carbocycles. The zero-order chi connectivity index (χ0) is 34.2. The van der Waals surface area contributed by atoms with Gasteiger partial charge in [0.1, 0.15) is 12.3 Å². The maximum Gasteiger partial charge on any atom is 0.411 e. The number of nitrogens with zero attached hydrogens (tertiary/aromatic N) is 3. The zero-order valence-electron chi connectivity index (χ0n) is 30.5. The molecule has 8 unspecified atom stereocenters. The molecule has 0 aliphatic heterocycles. The number of ether oxygens (including phenoxy) is 1. The molecule has 1 N–H and O–H groups in total. The molecule has 0 saturated heterocycles. The van der Waals surface area contributed by atoms with Crippen LogP contribution in [0.2, 0.25) is 0 Å². The van der Waals surface area contributed by atoms with Gasteiger partial charge in [-0.3, -0.25) is 5.32 Å². The Balaban J connectivity index is 0.962. The normalized spacial score (nSPS) is 31.3. The minimum Gasteiger partial charge on any atom is -0.444 e. The van der Waals surface area contributed by atoms with Crippen LogP contribution >= 0.6 is 0 Å². The average molecular weight is 663 g/mol. The van der Waals surface area contributed by atoms with E-state index in [4.69, 9.17) is 4.74 Å². The summed E-state index contributed by atoms with van der Waals surface area (Å²) in [7, 11) is 0.